The van der Waals surface area contributed by atoms with Crippen molar-refractivity contribution in [1.82, 2.24) is 0 Å². The van der Waals surface area contributed by atoms with Gasteiger partial charge in [0.25, 0.3) is 0 Å². The van der Waals surface area contributed by atoms with Gasteiger partial charge in [0.2, 0.25) is 11.5 Å². The number of rotatable bonds is 13. The molecule has 0 spiro atoms. The zero-order valence-corrected chi connectivity index (χ0v) is 34.8. The van der Waals surface area contributed by atoms with E-state index in [-0.39, 0.29) is 44.9 Å². The van der Waals surface area contributed by atoms with E-state index in [1.165, 1.54) is 60.7 Å². The van der Waals surface area contributed by atoms with Crippen molar-refractivity contribution in [1.29, 1.82) is 0 Å². The van der Waals surface area contributed by atoms with Gasteiger partial charge < -0.3 is 75.1 Å². The van der Waals surface area contributed by atoms with E-state index in [0.717, 1.165) is 5.69 Å². The Bertz CT molecular complexity index is 2550. The number of ketones is 2. The molecule has 0 saturated carbocycles. The topological polar surface area (TPSA) is 339 Å². The van der Waals surface area contributed by atoms with E-state index in [0.29, 0.717) is 5.69 Å². The van der Waals surface area contributed by atoms with Gasteiger partial charge >= 0.3 is 23.9 Å². The number of aromatic carboxylic acids is 1. The van der Waals surface area contributed by atoms with E-state index in [2.05, 4.69) is 9.47 Å². The number of carbonyl (C=O) groups excluding carboxylic acids is 5. The van der Waals surface area contributed by atoms with E-state index >= 15 is 0 Å². The number of nitrogens with zero attached hydrogens (tertiary/aromatic N) is 2. The van der Waals surface area contributed by atoms with Crippen molar-refractivity contribution in [2.75, 3.05) is 51.2 Å². The minimum absolute atomic E-state index is 0.0145. The van der Waals surface area contributed by atoms with Crippen LogP contribution in [0.4, 0.5) is 11.4 Å². The first-order chi connectivity index (χ1) is 30.6. The summed E-state index contributed by atoms with van der Waals surface area (Å²) in [6, 6.07) is 20.9. The van der Waals surface area contributed by atoms with Crippen molar-refractivity contribution in [3.63, 3.8) is 0 Å². The summed E-state index contributed by atoms with van der Waals surface area (Å²) < 4.78 is 13.9. The Morgan fingerprint density at radius 1 is 0.585 bits per heavy atom. The van der Waals surface area contributed by atoms with Crippen LogP contribution in [0, 0.1) is 0 Å². The first kappa shape index (κ1) is 49.5. The van der Waals surface area contributed by atoms with Crippen LogP contribution in [0.1, 0.15) is 52.6 Å². The van der Waals surface area contributed by atoms with Gasteiger partial charge in [-0.1, -0.05) is 36.4 Å². The van der Waals surface area contributed by atoms with Crippen molar-refractivity contribution < 1.29 is 94.0 Å². The number of esters is 3. The molecule has 2 unspecified atom stereocenters. The number of aliphatic hydroxyl groups is 7. The molecule has 21 nitrogen and oxygen atoms in total. The molecule has 21 heteroatoms. The van der Waals surface area contributed by atoms with Gasteiger partial charge in [-0.15, -0.1) is 0 Å². The van der Waals surface area contributed by atoms with E-state index in [4.69, 9.17) is 30.3 Å². The fourth-order valence-electron chi connectivity index (χ4n) is 5.87. The highest BCUT2D eigenvalue weighted by Crippen LogP contribution is 2.29. The van der Waals surface area contributed by atoms with Crippen LogP contribution in [0.3, 0.4) is 0 Å². The molecule has 4 aromatic rings. The van der Waals surface area contributed by atoms with Crippen LogP contribution in [0.15, 0.2) is 108 Å². The molecule has 0 aromatic heterocycles. The summed E-state index contributed by atoms with van der Waals surface area (Å²) >= 11 is 0. The third kappa shape index (κ3) is 11.5. The number of hydrogen-bond acceptors (Lipinski definition) is 20. The molecule has 65 heavy (non-hydrogen) atoms. The fraction of sp³-hybridized carbons (Fsp3) is 0.227. The van der Waals surface area contributed by atoms with Crippen LogP contribution in [0.5, 0.6) is 11.5 Å². The number of aromatic hydroxyl groups is 2. The SMILES string of the molecule is CN(C)c1ccc(C(=O)c2ccccc2C(=O)O)c(O)c1.CN(C)c1ccc(C(=O)c2ccccc2C(=O)OC[C@H](O)[C@H]2OC(=O)C(O)=C2O)c(O)c1.O=C1OC(C(O)CO)C(O)=C1O. The van der Waals surface area contributed by atoms with Crippen LogP contribution < -0.4 is 9.80 Å². The van der Waals surface area contributed by atoms with E-state index in [1.54, 1.807) is 48.2 Å². The van der Waals surface area contributed by atoms with E-state index in [1.807, 2.05) is 14.1 Å². The summed E-state index contributed by atoms with van der Waals surface area (Å²) in [5.41, 5.74) is 1.30. The predicted molar refractivity (Wildman–Crippen MR) is 225 cm³/mol. The Labute approximate surface area is 368 Å². The average molecular weight is 905 g/mol. The Balaban J connectivity index is 0.000000239. The highest BCUT2D eigenvalue weighted by atomic mass is 16.6. The summed E-state index contributed by atoms with van der Waals surface area (Å²) in [6.45, 7) is -1.37. The van der Waals surface area contributed by atoms with E-state index in [9.17, 15) is 54.3 Å². The van der Waals surface area contributed by atoms with Crippen molar-refractivity contribution in [3.8, 4) is 11.5 Å². The van der Waals surface area contributed by atoms with Crippen molar-refractivity contribution in [2.24, 2.45) is 0 Å². The first-order valence-corrected chi connectivity index (χ1v) is 18.9. The average Bonchev–Trinajstić information content (AvgIpc) is 3.70. The quantitative estimate of drug-likeness (QED) is 0.0523. The third-order valence-electron chi connectivity index (χ3n) is 9.43. The molecule has 0 fully saturated rings. The molecule has 344 valence electrons. The molecule has 4 aromatic carbocycles. The number of cyclic esters (lactones) is 2. The number of carboxylic acids is 1. The van der Waals surface area contributed by atoms with Crippen molar-refractivity contribution in [2.45, 2.75) is 24.4 Å². The molecule has 0 aliphatic carbocycles. The van der Waals surface area contributed by atoms with Crippen LogP contribution in [0.2, 0.25) is 0 Å². The van der Waals surface area contributed by atoms with Crippen molar-refractivity contribution in [3.05, 3.63) is 141 Å². The van der Waals surface area contributed by atoms with Gasteiger partial charge in [0, 0.05) is 62.8 Å². The third-order valence-corrected chi connectivity index (χ3v) is 9.43. The van der Waals surface area contributed by atoms with Crippen molar-refractivity contribution >= 4 is 46.8 Å². The molecule has 10 N–H and O–H groups in total. The van der Waals surface area contributed by atoms with Gasteiger partial charge in [-0.25, -0.2) is 19.2 Å². The summed E-state index contributed by atoms with van der Waals surface area (Å²) in [4.78, 5) is 74.5. The number of phenols is 2. The molecule has 2 aliphatic heterocycles. The number of ether oxygens (including phenoxy) is 3. The lowest BCUT2D eigenvalue weighted by atomic mass is 9.97. The molecular formula is C44H44N2O19. The molecule has 0 saturated heterocycles. The second kappa shape index (κ2) is 21.3. The summed E-state index contributed by atoms with van der Waals surface area (Å²) in [6.07, 6.45) is -6.02. The molecular weight excluding hydrogens is 860 g/mol. The van der Waals surface area contributed by atoms with Crippen LogP contribution >= 0.6 is 0 Å². The van der Waals surface area contributed by atoms with Crippen LogP contribution in [-0.4, -0.2) is 152 Å². The Hall–Kier alpha value is -8.14. The van der Waals surface area contributed by atoms with Gasteiger partial charge in [0.05, 0.1) is 28.9 Å². The zero-order chi connectivity index (χ0) is 48.4. The molecule has 2 heterocycles. The summed E-state index contributed by atoms with van der Waals surface area (Å²) in [5, 5.41) is 93.4. The number of benzene rings is 4. The van der Waals surface area contributed by atoms with Crippen LogP contribution in [-0.2, 0) is 23.8 Å². The molecule has 6 rings (SSSR count). The fourth-order valence-corrected chi connectivity index (χ4v) is 5.87. The second-order valence-electron chi connectivity index (χ2n) is 14.3. The van der Waals surface area contributed by atoms with Gasteiger partial charge in [-0.05, 0) is 36.4 Å². The smallest absolute Gasteiger partial charge is 0.377 e. The number of carbonyl (C=O) groups is 6. The maximum absolute atomic E-state index is 13.0. The first-order valence-electron chi connectivity index (χ1n) is 18.9. The Kier molecular flexibility index (Phi) is 16.2. The normalized spacial score (nSPS) is 16.2. The maximum Gasteiger partial charge on any atom is 0.377 e. The molecule has 0 radical (unpaired) electrons. The lowest BCUT2D eigenvalue weighted by molar-refractivity contribution is -0.148. The van der Waals surface area contributed by atoms with Gasteiger partial charge in [0.1, 0.15) is 30.3 Å². The highest BCUT2D eigenvalue weighted by molar-refractivity contribution is 6.16. The highest BCUT2D eigenvalue weighted by Gasteiger charge is 2.40. The lowest BCUT2D eigenvalue weighted by Crippen LogP contribution is -2.33. The molecule has 0 amide bonds. The number of anilines is 2. The number of carboxylic acid groups (broad SMARTS) is 1. The lowest BCUT2D eigenvalue weighted by Gasteiger charge is -2.17. The standard InChI is InChI=1S/C22H21NO9.C16H15NO4.C6H8O6/c1-23(2)11-7-8-14(15(24)9-11)17(26)12-5-3-4-6-13(12)21(29)31-10-16(25)20-18(27)19(28)22(30)32-20;1-17(2)10-7-8-13(14(18)9-10)15(19)11-5-3-4-6-12(11)16(20)21;7-1-2(8)5-3(9)4(10)6(11)12-5/h3-9,16,20,24-25,27-28H,10H2,1-2H3;3-9,18H,1-2H3,(H,20,21);2,5,7-10H,1H2/t16-,20+;;/m0../s1. The predicted octanol–water partition coefficient (Wildman–Crippen LogP) is 2.44. The minimum atomic E-state index is -1.65. The maximum atomic E-state index is 13.0. The number of hydrogen-bond donors (Lipinski definition) is 10. The van der Waals surface area contributed by atoms with Gasteiger partial charge in [-0.2, -0.15) is 0 Å². The second-order valence-corrected chi connectivity index (χ2v) is 14.3. The minimum Gasteiger partial charge on any atom is -0.507 e. The Morgan fingerprint density at radius 2 is 0.969 bits per heavy atom. The van der Waals surface area contributed by atoms with Crippen LogP contribution in [0.25, 0.3) is 0 Å². The summed E-state index contributed by atoms with van der Waals surface area (Å²) in [7, 11) is 7.19. The monoisotopic (exact) mass is 904 g/mol. The molecule has 4 atom stereocenters. The molecule has 2 aliphatic rings. The van der Waals surface area contributed by atoms with E-state index < -0.39 is 96.1 Å². The largest absolute Gasteiger partial charge is 0.507 e. The summed E-state index contributed by atoms with van der Waals surface area (Å²) in [5.74, 6) is -9.60. The van der Waals surface area contributed by atoms with Gasteiger partial charge in [0.15, 0.2) is 35.3 Å². The number of aliphatic hydroxyl groups excluding tert-OH is 7. The van der Waals surface area contributed by atoms with Gasteiger partial charge in [-0.3, -0.25) is 9.59 Å². The zero-order valence-electron chi connectivity index (χ0n) is 34.8. The number of phenolic OH excluding ortho intramolecular Hbond substituents is 2. The Morgan fingerprint density at radius 3 is 1.32 bits per heavy atom. The molecule has 0 bridgehead atoms.